The Hall–Kier alpha value is -3.45. The van der Waals surface area contributed by atoms with E-state index in [1.807, 2.05) is 40.7 Å². The first kappa shape index (κ1) is 41.3. The number of hydrogen-bond acceptors (Lipinski definition) is 12. The number of rotatable bonds is 13. The van der Waals surface area contributed by atoms with Crippen molar-refractivity contribution in [2.24, 2.45) is 29.1 Å². The minimum atomic E-state index is -1.96. The van der Waals surface area contributed by atoms with Crippen molar-refractivity contribution in [1.82, 2.24) is 5.32 Å². The molecule has 9 atom stereocenters. The zero-order valence-electron chi connectivity index (χ0n) is 32.5. The van der Waals surface area contributed by atoms with E-state index in [9.17, 15) is 34.2 Å². The van der Waals surface area contributed by atoms with Gasteiger partial charge in [-0.3, -0.25) is 19.2 Å². The van der Waals surface area contributed by atoms with Gasteiger partial charge in [0.2, 0.25) is 0 Å². The maximum Gasteiger partial charge on any atom is 0.408 e. The molecule has 2 saturated carbocycles. The highest BCUT2D eigenvalue weighted by Crippen LogP contribution is 2.77. The molecule has 0 aromatic heterocycles. The topological polar surface area (TPSA) is 184 Å². The summed E-state index contributed by atoms with van der Waals surface area (Å²) >= 11 is 0. The molecule has 52 heavy (non-hydrogen) atoms. The van der Waals surface area contributed by atoms with Gasteiger partial charge in [-0.1, -0.05) is 53.7 Å². The number of carbonyl (C=O) groups excluding carboxylic acids is 5. The summed E-state index contributed by atoms with van der Waals surface area (Å²) in [6, 6.07) is 0. The highest BCUT2D eigenvalue weighted by atomic mass is 16.6. The Bertz CT molecular complexity index is 1480. The Labute approximate surface area is 307 Å². The number of aliphatic hydroxyl groups is 2. The molecule has 0 aliphatic heterocycles. The molecule has 4 aliphatic carbocycles. The average Bonchev–Trinajstić information content (AvgIpc) is 3.44. The van der Waals surface area contributed by atoms with Crippen LogP contribution in [0.5, 0.6) is 0 Å². The van der Waals surface area contributed by atoms with E-state index in [0.717, 1.165) is 0 Å². The Morgan fingerprint density at radius 2 is 1.48 bits per heavy atom. The molecule has 292 valence electrons. The molecule has 1 amide bonds. The Morgan fingerprint density at radius 3 is 2.08 bits per heavy atom. The Morgan fingerprint density at radius 1 is 0.885 bits per heavy atom. The first-order valence-electron chi connectivity index (χ1n) is 18.7. The zero-order chi connectivity index (χ0) is 39.0. The predicted molar refractivity (Wildman–Crippen MR) is 188 cm³/mol. The molecule has 2 fully saturated rings. The molecule has 0 saturated heterocycles. The molecule has 0 aromatic carbocycles. The number of amides is 1. The van der Waals surface area contributed by atoms with Gasteiger partial charge in [0, 0.05) is 54.8 Å². The number of carbonyl (C=O) groups is 5. The lowest BCUT2D eigenvalue weighted by molar-refractivity contribution is -0.237. The van der Waals surface area contributed by atoms with E-state index < -0.39 is 100 Å². The van der Waals surface area contributed by atoms with Crippen LogP contribution in [0.25, 0.3) is 0 Å². The highest BCUT2D eigenvalue weighted by molar-refractivity contribution is 5.78. The quantitative estimate of drug-likeness (QED) is 0.133. The first-order chi connectivity index (χ1) is 24.1. The molecule has 3 N–H and O–H groups in total. The maximum absolute atomic E-state index is 13.3. The van der Waals surface area contributed by atoms with Crippen molar-refractivity contribution >= 4 is 30.0 Å². The molecule has 0 aromatic rings. The van der Waals surface area contributed by atoms with E-state index in [4.69, 9.17) is 23.7 Å². The molecular formula is C39H59NO12. The second kappa shape index (κ2) is 15.1. The highest BCUT2D eigenvalue weighted by Gasteiger charge is 2.88. The van der Waals surface area contributed by atoms with E-state index in [1.54, 1.807) is 40.7 Å². The number of ether oxygens (including phenoxy) is 5. The molecule has 0 heterocycles. The third kappa shape index (κ3) is 7.49. The van der Waals surface area contributed by atoms with Crippen LogP contribution in [0.4, 0.5) is 4.79 Å². The Kier molecular flexibility index (Phi) is 12.0. The van der Waals surface area contributed by atoms with Gasteiger partial charge < -0.3 is 39.2 Å². The summed E-state index contributed by atoms with van der Waals surface area (Å²) in [6.45, 7) is 17.1. The van der Waals surface area contributed by atoms with Gasteiger partial charge in [0.1, 0.15) is 30.5 Å². The van der Waals surface area contributed by atoms with Gasteiger partial charge in [-0.15, -0.1) is 0 Å². The molecule has 0 bridgehead atoms. The summed E-state index contributed by atoms with van der Waals surface area (Å²) < 4.78 is 29.3. The van der Waals surface area contributed by atoms with Gasteiger partial charge in [0.05, 0.1) is 5.60 Å². The van der Waals surface area contributed by atoms with Crippen LogP contribution in [0.15, 0.2) is 23.3 Å². The summed E-state index contributed by atoms with van der Waals surface area (Å²) in [5, 5.41) is 28.5. The number of fused-ring (bicyclic) bond motifs is 5. The van der Waals surface area contributed by atoms with Crippen LogP contribution in [-0.2, 0) is 42.9 Å². The second-order valence-electron chi connectivity index (χ2n) is 16.6. The smallest absolute Gasteiger partial charge is 0.408 e. The third-order valence-electron chi connectivity index (χ3n) is 11.3. The van der Waals surface area contributed by atoms with E-state index >= 15 is 0 Å². The number of hydrogen-bond donors (Lipinski definition) is 3. The van der Waals surface area contributed by atoms with Crippen molar-refractivity contribution in [3.05, 3.63) is 23.3 Å². The minimum absolute atomic E-state index is 0.115. The molecule has 13 heteroatoms. The summed E-state index contributed by atoms with van der Waals surface area (Å²) in [5.41, 5.74) is -5.73. The summed E-state index contributed by atoms with van der Waals surface area (Å²) in [7, 11) is 0. The summed E-state index contributed by atoms with van der Waals surface area (Å²) in [5.74, 6) is -5.57. The summed E-state index contributed by atoms with van der Waals surface area (Å²) in [6.07, 6.45) is 2.28. The zero-order valence-corrected chi connectivity index (χ0v) is 32.5. The molecular weight excluding hydrogens is 674 g/mol. The van der Waals surface area contributed by atoms with Crippen molar-refractivity contribution in [3.8, 4) is 0 Å². The molecule has 4 aliphatic rings. The minimum Gasteiger partial charge on any atom is -0.461 e. The van der Waals surface area contributed by atoms with Gasteiger partial charge in [-0.25, -0.2) is 4.79 Å². The summed E-state index contributed by atoms with van der Waals surface area (Å²) in [4.78, 5) is 64.5. The van der Waals surface area contributed by atoms with E-state index in [1.165, 1.54) is 0 Å². The van der Waals surface area contributed by atoms with Crippen LogP contribution in [0, 0.1) is 29.1 Å². The van der Waals surface area contributed by atoms with E-state index in [-0.39, 0.29) is 32.3 Å². The lowest BCUT2D eigenvalue weighted by Gasteiger charge is -2.53. The predicted octanol–water partition coefficient (Wildman–Crippen LogP) is 4.85. The van der Waals surface area contributed by atoms with Gasteiger partial charge in [0.25, 0.3) is 0 Å². The Balaban J connectivity index is 1.81. The van der Waals surface area contributed by atoms with Gasteiger partial charge >= 0.3 is 30.0 Å². The molecule has 0 spiro atoms. The van der Waals surface area contributed by atoms with E-state index in [0.29, 0.717) is 30.4 Å². The van der Waals surface area contributed by atoms with Crippen molar-refractivity contribution in [3.63, 3.8) is 0 Å². The largest absolute Gasteiger partial charge is 0.461 e. The first-order valence-corrected chi connectivity index (χ1v) is 18.7. The molecule has 0 radical (unpaired) electrons. The van der Waals surface area contributed by atoms with Crippen LogP contribution in [0.3, 0.4) is 0 Å². The standard InChI is InChI=1S/C39H59NO12/c1-11-14-27(41)48-21-24-18-25-31-36(9,10)39(31,51-29(43)16-13-3)33(49-28(42)15-12-2)23(5)38(25,47)26-17-22(4)32(37(26,46)19-24)50-30(44)20-40-34(45)52-35(6,7)8/h17-18,23,25-26,31-33,46-47H,11-16,19-21H2,1-10H3,(H,40,45)/t23-,25+,26-,31-,32+,33-,37-,38-,39-/m1/s1. The number of alkyl carbamates (subject to hydrolysis) is 1. The molecule has 4 rings (SSSR count). The maximum atomic E-state index is 13.3. The van der Waals surface area contributed by atoms with Crippen LogP contribution >= 0.6 is 0 Å². The van der Waals surface area contributed by atoms with Crippen LogP contribution in [0.2, 0.25) is 0 Å². The second-order valence-corrected chi connectivity index (χ2v) is 16.6. The van der Waals surface area contributed by atoms with Crippen LogP contribution < -0.4 is 5.32 Å². The SMILES string of the molecule is CCCC(=O)OCC1=C[C@H]2[C@@H]3C(C)(C)[C@]3(OC(=O)CCC)[C@H](OC(=O)CCC)[C@@H](C)[C@]2(O)[C@@H]2C=C(C)[C@H](OC(=O)CNC(=O)OC(C)(C)C)[C@@]2(O)C1. The lowest BCUT2D eigenvalue weighted by Crippen LogP contribution is -2.66. The van der Waals surface area contributed by atoms with Crippen LogP contribution in [0.1, 0.15) is 114 Å². The van der Waals surface area contributed by atoms with Gasteiger partial charge in [0.15, 0.2) is 11.7 Å². The fraction of sp³-hybridized carbons (Fsp3) is 0.769. The average molecular weight is 734 g/mol. The lowest BCUT2D eigenvalue weighted by atomic mass is 9.58. The van der Waals surface area contributed by atoms with E-state index in [2.05, 4.69) is 5.32 Å². The molecule has 0 unspecified atom stereocenters. The number of nitrogens with one attached hydrogen (secondary N) is 1. The van der Waals surface area contributed by atoms with Gasteiger partial charge in [-0.2, -0.15) is 0 Å². The van der Waals surface area contributed by atoms with Crippen molar-refractivity contribution < 1.29 is 57.9 Å². The third-order valence-corrected chi connectivity index (χ3v) is 11.3. The normalized spacial score (nSPS) is 34.2. The monoisotopic (exact) mass is 733 g/mol. The number of esters is 4. The fourth-order valence-electron chi connectivity index (χ4n) is 9.09. The fourth-order valence-corrected chi connectivity index (χ4v) is 9.09. The van der Waals surface area contributed by atoms with Crippen LogP contribution in [-0.4, -0.2) is 87.9 Å². The van der Waals surface area contributed by atoms with Crippen molar-refractivity contribution in [2.45, 2.75) is 149 Å². The molecule has 13 nitrogen and oxygen atoms in total. The van der Waals surface area contributed by atoms with Crippen molar-refractivity contribution in [2.75, 3.05) is 13.2 Å². The van der Waals surface area contributed by atoms with Crippen molar-refractivity contribution in [1.29, 1.82) is 0 Å². The van der Waals surface area contributed by atoms with Gasteiger partial charge in [-0.05, 0) is 58.1 Å².